The highest BCUT2D eigenvalue weighted by Gasteiger charge is 2.03. The zero-order valence-corrected chi connectivity index (χ0v) is 19.2. The highest BCUT2D eigenvalue weighted by Crippen LogP contribution is 2.31. The van der Waals surface area contributed by atoms with Gasteiger partial charge in [0.2, 0.25) is 0 Å². The highest BCUT2D eigenvalue weighted by atomic mass is 32.2. The molecule has 0 radical (unpaired) electrons. The molecule has 0 unspecified atom stereocenters. The van der Waals surface area contributed by atoms with E-state index >= 15 is 0 Å². The van der Waals surface area contributed by atoms with E-state index in [-0.39, 0.29) is 0 Å². The predicted molar refractivity (Wildman–Crippen MR) is 127 cm³/mol. The Bertz CT molecular complexity index is 968. The van der Waals surface area contributed by atoms with E-state index < -0.39 is 0 Å². The normalized spacial score (nSPS) is 10.2. The van der Waals surface area contributed by atoms with Gasteiger partial charge in [-0.2, -0.15) is 10.5 Å². The van der Waals surface area contributed by atoms with Crippen LogP contribution >= 0.6 is 69.7 Å². The molecule has 4 aromatic rings. The number of thiocyanates is 2. The van der Waals surface area contributed by atoms with Crippen LogP contribution in [0.4, 0.5) is 0 Å². The molecular formula is C18H12N4S6. The number of aromatic nitrogens is 2. The van der Waals surface area contributed by atoms with E-state index in [4.69, 9.17) is 10.5 Å². The van der Waals surface area contributed by atoms with Crippen molar-refractivity contribution in [1.29, 1.82) is 10.5 Å². The molecule has 0 atom stereocenters. The molecule has 0 saturated heterocycles. The van der Waals surface area contributed by atoms with E-state index in [1.807, 2.05) is 47.2 Å². The molecule has 0 saturated carbocycles. The molecule has 4 nitrogen and oxygen atoms in total. The highest BCUT2D eigenvalue weighted by molar-refractivity contribution is 8.19. The third-order valence-corrected chi connectivity index (χ3v) is 8.85. The van der Waals surface area contributed by atoms with Crippen LogP contribution in [0.2, 0.25) is 0 Å². The van der Waals surface area contributed by atoms with Gasteiger partial charge in [-0.1, -0.05) is 47.8 Å². The number of para-hydroxylation sites is 2. The minimum Gasteiger partial charge on any atom is -0.230 e. The Balaban J connectivity index is 0.000000161. The summed E-state index contributed by atoms with van der Waals surface area (Å²) < 4.78 is 4.48. The fourth-order valence-electron chi connectivity index (χ4n) is 2.04. The minimum atomic E-state index is 0.746. The van der Waals surface area contributed by atoms with Crippen LogP contribution < -0.4 is 0 Å². The van der Waals surface area contributed by atoms with Gasteiger partial charge in [-0.25, -0.2) is 9.97 Å². The molecule has 0 aliphatic rings. The lowest BCUT2D eigenvalue weighted by Crippen LogP contribution is -1.69. The number of hydrogen-bond donors (Lipinski definition) is 0. The van der Waals surface area contributed by atoms with Gasteiger partial charge in [0.1, 0.15) is 10.8 Å². The van der Waals surface area contributed by atoms with Crippen molar-refractivity contribution < 1.29 is 0 Å². The second-order valence-corrected chi connectivity index (χ2v) is 11.6. The number of benzene rings is 2. The molecule has 0 bridgehead atoms. The summed E-state index contributed by atoms with van der Waals surface area (Å²) in [7, 11) is 0. The van der Waals surface area contributed by atoms with E-state index in [0.717, 1.165) is 29.9 Å². The van der Waals surface area contributed by atoms with Crippen LogP contribution in [0.25, 0.3) is 20.4 Å². The first kappa shape index (κ1) is 21.3. The second kappa shape index (κ2) is 11.6. The van der Waals surface area contributed by atoms with E-state index in [9.17, 15) is 0 Å². The lowest BCUT2D eigenvalue weighted by Gasteiger charge is -1.87. The van der Waals surface area contributed by atoms with Crippen LogP contribution in [0.1, 0.15) is 0 Å². The number of nitriles is 2. The average molecular weight is 477 g/mol. The van der Waals surface area contributed by atoms with Gasteiger partial charge in [-0.15, -0.1) is 22.7 Å². The maximum Gasteiger partial charge on any atom is 0.151 e. The molecule has 0 fully saturated rings. The second-order valence-electron chi connectivity index (χ2n) is 4.89. The van der Waals surface area contributed by atoms with Crippen LogP contribution in [0, 0.1) is 21.3 Å². The van der Waals surface area contributed by atoms with E-state index in [1.54, 1.807) is 46.2 Å². The van der Waals surface area contributed by atoms with Crippen molar-refractivity contribution >= 4 is 90.2 Å². The number of hydrogen-bond acceptors (Lipinski definition) is 10. The van der Waals surface area contributed by atoms with Gasteiger partial charge < -0.3 is 0 Å². The van der Waals surface area contributed by atoms with Crippen LogP contribution in [-0.4, -0.2) is 20.1 Å². The zero-order valence-electron chi connectivity index (χ0n) is 14.3. The number of thiazole rings is 2. The van der Waals surface area contributed by atoms with E-state index in [1.165, 1.54) is 32.9 Å². The van der Waals surface area contributed by atoms with Crippen molar-refractivity contribution in [2.45, 2.75) is 8.68 Å². The van der Waals surface area contributed by atoms with Crippen LogP contribution in [-0.2, 0) is 0 Å². The number of thioether (sulfide) groups is 4. The average Bonchev–Trinajstić information content (AvgIpc) is 3.32. The van der Waals surface area contributed by atoms with Gasteiger partial charge in [0, 0.05) is 0 Å². The molecule has 10 heteroatoms. The number of fused-ring (bicyclic) bond motifs is 2. The Morgan fingerprint density at radius 2 is 1.14 bits per heavy atom. The SMILES string of the molecule is N#CSCSc1nc2ccccc2s1.N#CSCSc1nc2ccccc2s1. The summed E-state index contributed by atoms with van der Waals surface area (Å²) in [5.74, 6) is 0. The van der Waals surface area contributed by atoms with Gasteiger partial charge >= 0.3 is 0 Å². The van der Waals surface area contributed by atoms with E-state index in [0.29, 0.717) is 0 Å². The molecule has 140 valence electrons. The quantitative estimate of drug-likeness (QED) is 0.126. The lowest BCUT2D eigenvalue weighted by molar-refractivity contribution is 1.31. The van der Waals surface area contributed by atoms with Crippen molar-refractivity contribution in [3.8, 4) is 10.8 Å². The molecule has 4 rings (SSSR count). The molecular weight excluding hydrogens is 465 g/mol. The molecule has 28 heavy (non-hydrogen) atoms. The van der Waals surface area contributed by atoms with Crippen molar-refractivity contribution in [1.82, 2.24) is 9.97 Å². The monoisotopic (exact) mass is 476 g/mol. The van der Waals surface area contributed by atoms with E-state index in [2.05, 4.69) is 22.1 Å². The van der Waals surface area contributed by atoms with Gasteiger partial charge in [0.05, 0.1) is 30.6 Å². The summed E-state index contributed by atoms with van der Waals surface area (Å²) >= 11 is 9.09. The van der Waals surface area contributed by atoms with Crippen molar-refractivity contribution in [3.05, 3.63) is 48.5 Å². The van der Waals surface area contributed by atoms with Crippen LogP contribution in [0.15, 0.2) is 57.2 Å². The first-order valence-electron chi connectivity index (χ1n) is 7.78. The molecule has 0 amide bonds. The summed E-state index contributed by atoms with van der Waals surface area (Å²) in [6.07, 6.45) is 0. The summed E-state index contributed by atoms with van der Waals surface area (Å²) in [5.41, 5.74) is 2.09. The first-order valence-corrected chi connectivity index (χ1v) is 13.4. The minimum absolute atomic E-state index is 0.746. The summed E-state index contributed by atoms with van der Waals surface area (Å²) in [6, 6.07) is 16.1. The van der Waals surface area contributed by atoms with Crippen molar-refractivity contribution in [2.75, 3.05) is 10.2 Å². The molecule has 0 spiro atoms. The molecule has 2 aromatic heterocycles. The third kappa shape index (κ3) is 6.31. The Morgan fingerprint density at radius 3 is 1.54 bits per heavy atom. The van der Waals surface area contributed by atoms with Crippen LogP contribution in [0.3, 0.4) is 0 Å². The van der Waals surface area contributed by atoms with Crippen LogP contribution in [0.5, 0.6) is 0 Å². The van der Waals surface area contributed by atoms with Crippen molar-refractivity contribution in [3.63, 3.8) is 0 Å². The van der Waals surface area contributed by atoms with Crippen molar-refractivity contribution in [2.24, 2.45) is 0 Å². The molecule has 2 heterocycles. The van der Waals surface area contributed by atoms with Gasteiger partial charge in [0.15, 0.2) is 8.68 Å². The largest absolute Gasteiger partial charge is 0.230 e. The molecule has 0 aliphatic heterocycles. The Labute approximate surface area is 187 Å². The first-order chi connectivity index (χ1) is 13.8. The van der Waals surface area contributed by atoms with Gasteiger partial charge in [-0.3, -0.25) is 0 Å². The number of rotatable bonds is 6. The Kier molecular flexibility index (Phi) is 8.80. The summed E-state index contributed by atoms with van der Waals surface area (Å²) in [6.45, 7) is 0. The molecule has 0 aliphatic carbocycles. The fraction of sp³-hybridized carbons (Fsp3) is 0.111. The zero-order chi connectivity index (χ0) is 19.6. The maximum absolute atomic E-state index is 8.37. The summed E-state index contributed by atoms with van der Waals surface area (Å²) in [5, 5.41) is 22.3. The predicted octanol–water partition coefficient (Wildman–Crippen LogP) is 7.12. The van der Waals surface area contributed by atoms with Gasteiger partial charge in [-0.05, 0) is 47.8 Å². The standard InChI is InChI=1S/2C9H6N2S3/c2*10-5-12-6-13-9-11-7-3-1-2-4-8(7)14-9/h2*1-4H,6H2. The fourth-order valence-corrected chi connectivity index (χ4v) is 7.33. The Morgan fingerprint density at radius 1 is 0.714 bits per heavy atom. The topological polar surface area (TPSA) is 73.4 Å². The number of nitrogens with zero attached hydrogens (tertiary/aromatic N) is 4. The summed E-state index contributed by atoms with van der Waals surface area (Å²) in [4.78, 5) is 8.89. The maximum atomic E-state index is 8.37. The lowest BCUT2D eigenvalue weighted by atomic mass is 10.3. The smallest absolute Gasteiger partial charge is 0.151 e. The third-order valence-electron chi connectivity index (χ3n) is 3.16. The molecule has 2 aromatic carbocycles. The van der Waals surface area contributed by atoms with Gasteiger partial charge in [0.25, 0.3) is 0 Å². The molecule has 0 N–H and O–H groups in total. The Hall–Kier alpha value is -1.40.